The van der Waals surface area contributed by atoms with Crippen LogP contribution in [-0.2, 0) is 79.3 Å². The van der Waals surface area contributed by atoms with E-state index in [1.165, 1.54) is 0 Å². The molecule has 19 heteroatoms. The van der Waals surface area contributed by atoms with Crippen molar-refractivity contribution in [2.75, 3.05) is 0 Å². The Morgan fingerprint density at radius 3 is 0.421 bits per heavy atom. The molecule has 0 aromatic rings. The van der Waals surface area contributed by atoms with Crippen LogP contribution in [0.25, 0.3) is 0 Å². The molecule has 0 N–H and O–H groups in total. The van der Waals surface area contributed by atoms with E-state index in [4.69, 9.17) is 52.6 Å². The Morgan fingerprint density at radius 2 is 0.421 bits per heavy atom. The van der Waals surface area contributed by atoms with E-state index >= 15 is 0 Å². The third kappa shape index (κ3) is 10700. The van der Waals surface area contributed by atoms with Gasteiger partial charge in [-0.1, -0.05) is 0 Å². The van der Waals surface area contributed by atoms with E-state index in [0.29, 0.717) is 0 Å². The maximum absolute atomic E-state index is 8.52. The van der Waals surface area contributed by atoms with Gasteiger partial charge in [-0.25, -0.2) is 0 Å². The molecule has 0 saturated carbocycles. The van der Waals surface area contributed by atoms with Crippen molar-refractivity contribution in [3.8, 4) is 0 Å². The summed E-state index contributed by atoms with van der Waals surface area (Å²) in [6.45, 7) is 0. The predicted molar refractivity (Wildman–Crippen MR) is 32.8 cm³/mol. The van der Waals surface area contributed by atoms with Gasteiger partial charge in [0.15, 0.2) is 0 Å². The zero-order valence-electron chi connectivity index (χ0n) is 7.83. The summed E-state index contributed by atoms with van der Waals surface area (Å²) in [5.74, 6) is 0. The molecule has 0 aromatic carbocycles. The molecule has 0 amide bonds. The zero-order chi connectivity index (χ0) is 13.5. The van der Waals surface area contributed by atoms with Gasteiger partial charge in [-0.3, -0.25) is 25.3 Å². The van der Waals surface area contributed by atoms with Crippen molar-refractivity contribution in [3.63, 3.8) is 0 Å². The Labute approximate surface area is 131 Å². The minimum absolute atomic E-state index is 0. The van der Waals surface area contributed by atoms with Gasteiger partial charge in [0.1, 0.15) is 0 Å². The quantitative estimate of drug-likeness (QED) is 0.265. The summed E-state index contributed by atoms with van der Waals surface area (Å²) in [5, 5.41) is 0. The molecule has 0 spiro atoms. The summed E-state index contributed by atoms with van der Waals surface area (Å²) in [7, 11) is -15.5. The van der Waals surface area contributed by atoms with Crippen LogP contribution in [0.5, 0.6) is 0 Å². The van der Waals surface area contributed by atoms with E-state index in [1.807, 2.05) is 0 Å². The molecule has 0 aliphatic heterocycles. The topological polar surface area (TPSA) is 298 Å². The molecular weight excluding hydrogens is 422 g/mol. The second-order valence-electron chi connectivity index (χ2n) is 1.22. The SMILES string of the molecule is O=S(=O)([O-])[O-].O=S(=O)([O-])[O-].O=S(=O)([O-])[O-].[O-2].[O-2].[V].[V]. The van der Waals surface area contributed by atoms with Crippen molar-refractivity contribution in [1.29, 1.82) is 0 Å². The van der Waals surface area contributed by atoms with Crippen molar-refractivity contribution >= 4 is 31.2 Å². The normalized spacial score (nSPS) is 9.16. The van der Waals surface area contributed by atoms with Crippen LogP contribution in [0.3, 0.4) is 0 Å². The van der Waals surface area contributed by atoms with Gasteiger partial charge in [0, 0.05) is 68.3 Å². The van der Waals surface area contributed by atoms with Crippen LogP contribution >= 0.6 is 0 Å². The molecule has 0 fully saturated rings. The summed E-state index contributed by atoms with van der Waals surface area (Å²) in [6, 6.07) is 0. The van der Waals surface area contributed by atoms with E-state index in [-0.39, 0.29) is 48.1 Å². The van der Waals surface area contributed by atoms with Crippen molar-refractivity contribution in [2.45, 2.75) is 0 Å². The average molecular weight is 422 g/mol. The van der Waals surface area contributed by atoms with E-state index in [1.54, 1.807) is 0 Å². The number of hydrogen-bond donors (Lipinski definition) is 0. The fourth-order valence-electron chi connectivity index (χ4n) is 0. The molecule has 14 nitrogen and oxygen atoms in total. The molecule has 19 heavy (non-hydrogen) atoms. The molecule has 2 radical (unpaired) electrons. The monoisotopic (exact) mass is 422 g/mol. The van der Waals surface area contributed by atoms with Crippen LogP contribution in [0.2, 0.25) is 0 Å². The Hall–Kier alpha value is 0.699. The third-order valence-corrected chi connectivity index (χ3v) is 0. The van der Waals surface area contributed by atoms with Crippen LogP contribution in [0.1, 0.15) is 0 Å². The average Bonchev–Trinajstić information content (AvgIpc) is 1.41. The molecule has 0 aliphatic carbocycles. The molecular formula is O14S3V2-10. The second-order valence-corrected chi connectivity index (χ2v) is 3.67. The summed E-state index contributed by atoms with van der Waals surface area (Å²) in [5.41, 5.74) is 0. The molecule has 122 valence electrons. The van der Waals surface area contributed by atoms with E-state index in [0.717, 1.165) is 0 Å². The first-order valence-corrected chi connectivity index (χ1v) is 6.00. The first-order valence-electron chi connectivity index (χ1n) is 2.00. The molecule has 0 bridgehead atoms. The summed E-state index contributed by atoms with van der Waals surface area (Å²) >= 11 is 0. The minimum Gasteiger partial charge on any atom is -2.00 e. The second kappa shape index (κ2) is 16.8. The van der Waals surface area contributed by atoms with Gasteiger partial charge < -0.3 is 38.3 Å². The largest absolute Gasteiger partial charge is 2.00 e. The van der Waals surface area contributed by atoms with Gasteiger partial charge in [-0.15, -0.1) is 0 Å². The predicted octanol–water partition coefficient (Wildman–Crippen LogP) is -4.26. The molecule has 0 rings (SSSR count). The van der Waals surface area contributed by atoms with Crippen LogP contribution < -0.4 is 0 Å². The van der Waals surface area contributed by atoms with Crippen molar-refractivity contribution in [1.82, 2.24) is 0 Å². The van der Waals surface area contributed by atoms with Crippen molar-refractivity contribution in [3.05, 3.63) is 0 Å². The minimum atomic E-state index is -5.17. The van der Waals surface area contributed by atoms with Gasteiger partial charge in [0.05, 0.1) is 0 Å². The Kier molecular flexibility index (Phi) is 37.7. The third-order valence-electron chi connectivity index (χ3n) is 0. The molecule has 0 saturated heterocycles. The van der Waals surface area contributed by atoms with Crippen LogP contribution in [-0.4, -0.2) is 52.6 Å². The summed E-state index contributed by atoms with van der Waals surface area (Å²) < 4.78 is 102. The van der Waals surface area contributed by atoms with Crippen molar-refractivity contribution < 1.29 is 101 Å². The molecule has 0 unspecified atom stereocenters. The van der Waals surface area contributed by atoms with Crippen LogP contribution in [0.4, 0.5) is 0 Å². The fourth-order valence-corrected chi connectivity index (χ4v) is 0. The fraction of sp³-hybridized carbons (Fsp3) is 0. The van der Waals surface area contributed by atoms with Gasteiger partial charge in [0.2, 0.25) is 0 Å². The number of hydrogen-bond acceptors (Lipinski definition) is 12. The molecule has 0 heterocycles. The van der Waals surface area contributed by atoms with Gasteiger partial charge >= 0.3 is 0 Å². The van der Waals surface area contributed by atoms with E-state index in [2.05, 4.69) is 0 Å². The maximum Gasteiger partial charge on any atom is 0.0311 e. The van der Waals surface area contributed by atoms with Crippen molar-refractivity contribution in [2.24, 2.45) is 0 Å². The van der Waals surface area contributed by atoms with Gasteiger partial charge in [-0.05, 0) is 0 Å². The zero-order valence-corrected chi connectivity index (χ0v) is 13.1. The summed E-state index contributed by atoms with van der Waals surface area (Å²) in [6.07, 6.45) is 0. The van der Waals surface area contributed by atoms with E-state index in [9.17, 15) is 0 Å². The van der Waals surface area contributed by atoms with Gasteiger partial charge in [-0.2, -0.15) is 0 Å². The van der Waals surface area contributed by atoms with E-state index < -0.39 is 31.2 Å². The molecule has 0 aromatic heterocycles. The van der Waals surface area contributed by atoms with Crippen LogP contribution in [0.15, 0.2) is 0 Å². The van der Waals surface area contributed by atoms with Crippen LogP contribution in [0, 0.1) is 0 Å². The Balaban J connectivity index is -0.0000000206. The summed E-state index contributed by atoms with van der Waals surface area (Å²) in [4.78, 5) is 0. The smallest absolute Gasteiger partial charge is 0.0311 e. The number of rotatable bonds is 0. The Morgan fingerprint density at radius 1 is 0.421 bits per heavy atom. The first kappa shape index (κ1) is 42.7. The van der Waals surface area contributed by atoms with Gasteiger partial charge in [0.25, 0.3) is 0 Å². The first-order chi connectivity index (χ1) is 6.00. The maximum atomic E-state index is 8.52. The molecule has 0 atom stereocenters. The standard InChI is InChI=1S/3H2O4S.2O.2V/c3*1-5(2,3)4;;;;/h3*(H2,1,2,3,4);;;;/q;;;2*-2;;/p-6. The Bertz CT molecular complexity index is 342. The molecule has 0 aliphatic rings.